The monoisotopic (exact) mass is 297 g/mol. The van der Waals surface area contributed by atoms with Crippen molar-refractivity contribution in [1.82, 2.24) is 4.72 Å². The van der Waals surface area contributed by atoms with Crippen LogP contribution in [-0.2, 0) is 10.0 Å². The molecular weight excluding hydrogens is 270 g/mol. The van der Waals surface area contributed by atoms with Gasteiger partial charge in [0.1, 0.15) is 0 Å². The van der Waals surface area contributed by atoms with Gasteiger partial charge < -0.3 is 0 Å². The van der Waals surface area contributed by atoms with Crippen LogP contribution in [0.2, 0.25) is 0 Å². The lowest BCUT2D eigenvalue weighted by Gasteiger charge is -2.14. The van der Waals surface area contributed by atoms with Crippen LogP contribution in [0.3, 0.4) is 0 Å². The maximum Gasteiger partial charge on any atom is 0.240 e. The van der Waals surface area contributed by atoms with Crippen LogP contribution in [0, 0.1) is 0 Å². The molecule has 0 heterocycles. The smallest absolute Gasteiger partial charge is 0.208 e. The van der Waals surface area contributed by atoms with Gasteiger partial charge in [-0.2, -0.15) is 0 Å². The largest absolute Gasteiger partial charge is 0.240 e. The zero-order chi connectivity index (χ0) is 15.2. The molecule has 0 saturated carbocycles. The molecule has 1 N–H and O–H groups in total. The van der Waals surface area contributed by atoms with Gasteiger partial charge in [-0.1, -0.05) is 52.2 Å². The highest BCUT2D eigenvalue weighted by Gasteiger charge is 2.17. The molecule has 3 nitrogen and oxygen atoms in total. The van der Waals surface area contributed by atoms with Crippen molar-refractivity contribution in [1.29, 1.82) is 0 Å². The molecule has 0 fully saturated rings. The maximum absolute atomic E-state index is 12.2. The number of hydrogen-bond donors (Lipinski definition) is 1. The van der Waals surface area contributed by atoms with E-state index < -0.39 is 10.0 Å². The van der Waals surface area contributed by atoms with E-state index in [1.165, 1.54) is 0 Å². The van der Waals surface area contributed by atoms with Crippen LogP contribution in [0.25, 0.3) is 0 Å². The van der Waals surface area contributed by atoms with E-state index in [-0.39, 0.29) is 6.04 Å². The number of benzene rings is 1. The first kappa shape index (κ1) is 17.2. The normalized spacial score (nSPS) is 13.7. The van der Waals surface area contributed by atoms with Crippen LogP contribution in [0.5, 0.6) is 0 Å². The van der Waals surface area contributed by atoms with Crippen molar-refractivity contribution in [3.63, 3.8) is 0 Å². The summed E-state index contributed by atoms with van der Waals surface area (Å²) in [4.78, 5) is 0.351. The number of sulfonamides is 1. The summed E-state index contributed by atoms with van der Waals surface area (Å²) in [5, 5.41) is 0. The lowest BCUT2D eigenvalue weighted by atomic mass is 10.0. The standard InChI is InChI=1S/C16H27NO2S/c1-5-6-7-8-14(4)17-20(18,19)16-11-9-15(10-12-16)13(2)3/h9-14,17H,5-8H2,1-4H3. The van der Waals surface area contributed by atoms with E-state index in [1.54, 1.807) is 12.1 Å². The Kier molecular flexibility index (Phi) is 6.69. The molecule has 1 aromatic rings. The molecule has 114 valence electrons. The first-order valence-electron chi connectivity index (χ1n) is 7.49. The molecule has 0 aliphatic carbocycles. The predicted molar refractivity (Wildman–Crippen MR) is 84.5 cm³/mol. The van der Waals surface area contributed by atoms with Crippen molar-refractivity contribution >= 4 is 10.0 Å². The van der Waals surface area contributed by atoms with Crippen LogP contribution in [0.15, 0.2) is 29.2 Å². The lowest BCUT2D eigenvalue weighted by molar-refractivity contribution is 0.527. The SMILES string of the molecule is CCCCCC(C)NS(=O)(=O)c1ccc(C(C)C)cc1. The van der Waals surface area contributed by atoms with Gasteiger partial charge in [0.15, 0.2) is 0 Å². The van der Waals surface area contributed by atoms with E-state index in [0.717, 1.165) is 31.2 Å². The molecule has 0 bridgehead atoms. The first-order chi connectivity index (χ1) is 9.36. The summed E-state index contributed by atoms with van der Waals surface area (Å²) >= 11 is 0. The van der Waals surface area contributed by atoms with Gasteiger partial charge in [0.05, 0.1) is 4.90 Å². The van der Waals surface area contributed by atoms with Crippen LogP contribution in [-0.4, -0.2) is 14.5 Å². The second-order valence-corrected chi connectivity index (χ2v) is 7.46. The van der Waals surface area contributed by atoms with Crippen LogP contribution >= 0.6 is 0 Å². The van der Waals surface area contributed by atoms with Gasteiger partial charge in [0.25, 0.3) is 0 Å². The molecular formula is C16H27NO2S. The van der Waals surface area contributed by atoms with Gasteiger partial charge in [0, 0.05) is 6.04 Å². The van der Waals surface area contributed by atoms with Crippen molar-refractivity contribution in [3.8, 4) is 0 Å². The van der Waals surface area contributed by atoms with Gasteiger partial charge in [-0.05, 0) is 37.0 Å². The van der Waals surface area contributed by atoms with Gasteiger partial charge in [0.2, 0.25) is 10.0 Å². The topological polar surface area (TPSA) is 46.2 Å². The van der Waals surface area contributed by atoms with Gasteiger partial charge >= 0.3 is 0 Å². The molecule has 0 spiro atoms. The number of hydrogen-bond acceptors (Lipinski definition) is 2. The molecule has 0 radical (unpaired) electrons. The van der Waals surface area contributed by atoms with E-state index in [1.807, 2.05) is 19.1 Å². The Hall–Kier alpha value is -0.870. The Morgan fingerprint density at radius 1 is 1.05 bits per heavy atom. The van der Waals surface area contributed by atoms with Crippen LogP contribution in [0.4, 0.5) is 0 Å². The molecule has 20 heavy (non-hydrogen) atoms. The van der Waals surface area contributed by atoms with Crippen molar-refractivity contribution in [2.24, 2.45) is 0 Å². The minimum atomic E-state index is -3.39. The molecule has 1 atom stereocenters. The Bertz CT molecular complexity index is 492. The van der Waals surface area contributed by atoms with E-state index in [2.05, 4.69) is 25.5 Å². The minimum absolute atomic E-state index is 0.0173. The zero-order valence-electron chi connectivity index (χ0n) is 13.0. The van der Waals surface area contributed by atoms with E-state index in [4.69, 9.17) is 0 Å². The predicted octanol–water partition coefficient (Wildman–Crippen LogP) is 4.06. The Morgan fingerprint density at radius 2 is 1.65 bits per heavy atom. The van der Waals surface area contributed by atoms with E-state index in [0.29, 0.717) is 10.8 Å². The quantitative estimate of drug-likeness (QED) is 0.736. The van der Waals surface area contributed by atoms with Crippen molar-refractivity contribution in [2.75, 3.05) is 0 Å². The van der Waals surface area contributed by atoms with Crippen LogP contribution in [0.1, 0.15) is 64.9 Å². The second-order valence-electron chi connectivity index (χ2n) is 5.74. The molecule has 0 saturated heterocycles. The average Bonchev–Trinajstić information content (AvgIpc) is 2.38. The van der Waals surface area contributed by atoms with Gasteiger partial charge in [-0.15, -0.1) is 0 Å². The summed E-state index contributed by atoms with van der Waals surface area (Å²) in [6.45, 7) is 8.26. The molecule has 1 aromatic carbocycles. The third-order valence-corrected chi connectivity index (χ3v) is 5.06. The molecule has 1 unspecified atom stereocenters. The summed E-state index contributed by atoms with van der Waals surface area (Å²) in [6, 6.07) is 7.14. The van der Waals surface area contributed by atoms with Crippen molar-refractivity contribution < 1.29 is 8.42 Å². The number of nitrogens with one attached hydrogen (secondary N) is 1. The Labute approximate surface area is 123 Å². The van der Waals surface area contributed by atoms with Gasteiger partial charge in [-0.3, -0.25) is 0 Å². The summed E-state index contributed by atoms with van der Waals surface area (Å²) in [5.41, 5.74) is 1.15. The first-order valence-corrected chi connectivity index (χ1v) is 8.97. The third-order valence-electron chi connectivity index (χ3n) is 3.45. The van der Waals surface area contributed by atoms with Crippen molar-refractivity contribution in [2.45, 2.75) is 70.2 Å². The highest BCUT2D eigenvalue weighted by molar-refractivity contribution is 7.89. The fourth-order valence-electron chi connectivity index (χ4n) is 2.12. The highest BCUT2D eigenvalue weighted by Crippen LogP contribution is 2.17. The summed E-state index contributed by atoms with van der Waals surface area (Å²) in [6.07, 6.45) is 4.24. The van der Waals surface area contributed by atoms with Crippen LogP contribution < -0.4 is 4.72 Å². The number of unbranched alkanes of at least 4 members (excludes halogenated alkanes) is 2. The molecule has 0 amide bonds. The van der Waals surface area contributed by atoms with Crippen molar-refractivity contribution in [3.05, 3.63) is 29.8 Å². The van der Waals surface area contributed by atoms with E-state index >= 15 is 0 Å². The molecule has 1 rings (SSSR count). The highest BCUT2D eigenvalue weighted by atomic mass is 32.2. The maximum atomic E-state index is 12.2. The van der Waals surface area contributed by atoms with Gasteiger partial charge in [-0.25, -0.2) is 13.1 Å². The molecule has 0 aromatic heterocycles. The summed E-state index contributed by atoms with van der Waals surface area (Å²) in [5.74, 6) is 0.410. The Morgan fingerprint density at radius 3 is 2.15 bits per heavy atom. The fraction of sp³-hybridized carbons (Fsp3) is 0.625. The minimum Gasteiger partial charge on any atom is -0.208 e. The summed E-state index contributed by atoms with van der Waals surface area (Å²) in [7, 11) is -3.39. The Balaban J connectivity index is 2.68. The summed E-state index contributed by atoms with van der Waals surface area (Å²) < 4.78 is 27.2. The second kappa shape index (κ2) is 7.79. The fourth-order valence-corrected chi connectivity index (χ4v) is 3.40. The molecule has 4 heteroatoms. The lowest BCUT2D eigenvalue weighted by Crippen LogP contribution is -2.32. The zero-order valence-corrected chi connectivity index (χ0v) is 13.8. The molecule has 0 aliphatic heterocycles. The third kappa shape index (κ3) is 5.25. The molecule has 0 aliphatic rings. The number of rotatable bonds is 8. The van der Waals surface area contributed by atoms with E-state index in [9.17, 15) is 8.42 Å². The average molecular weight is 297 g/mol.